The molecule has 1 nitrogen and oxygen atoms in total. The molecule has 0 aliphatic heterocycles. The average Bonchev–Trinajstić information content (AvgIpc) is 2.40. The first-order valence-electron chi connectivity index (χ1n) is 6.58. The van der Waals surface area contributed by atoms with Crippen LogP contribution in [0.5, 0.6) is 0 Å². The van der Waals surface area contributed by atoms with Crippen LogP contribution in [0.25, 0.3) is 0 Å². The van der Waals surface area contributed by atoms with Gasteiger partial charge in [0.25, 0.3) is 0 Å². The van der Waals surface area contributed by atoms with Gasteiger partial charge in [-0.3, -0.25) is 0 Å². The molecule has 2 aromatic rings. The Morgan fingerprint density at radius 1 is 1.00 bits per heavy atom. The minimum atomic E-state index is -0.281. The third-order valence-electron chi connectivity index (χ3n) is 3.30. The highest BCUT2D eigenvalue weighted by molar-refractivity contribution is 9.10. The maximum atomic E-state index is 6.04. The molecule has 1 unspecified atom stereocenters. The van der Waals surface area contributed by atoms with E-state index < -0.39 is 0 Å². The van der Waals surface area contributed by atoms with Gasteiger partial charge in [-0.05, 0) is 37.1 Å². The summed E-state index contributed by atoms with van der Waals surface area (Å²) < 4.78 is 7.14. The number of benzene rings is 2. The van der Waals surface area contributed by atoms with E-state index in [1.54, 1.807) is 0 Å². The molecule has 0 saturated carbocycles. The van der Waals surface area contributed by atoms with Gasteiger partial charge in [0.1, 0.15) is 0 Å². The van der Waals surface area contributed by atoms with Crippen LogP contribution in [0, 0.1) is 0 Å². The fraction of sp³-hybridized carbons (Fsp3) is 0.294. The van der Waals surface area contributed by atoms with Crippen molar-refractivity contribution in [1.29, 1.82) is 0 Å². The van der Waals surface area contributed by atoms with Crippen LogP contribution < -0.4 is 0 Å². The molecule has 0 spiro atoms. The summed E-state index contributed by atoms with van der Waals surface area (Å²) in [5.74, 6) is 0. The largest absolute Gasteiger partial charge is 0.371 e. The fourth-order valence-electron chi connectivity index (χ4n) is 2.34. The quantitative estimate of drug-likeness (QED) is 0.758. The standard InChI is InChI=1S/C17H19BrO/c1-3-19-17(2,13-14-7-5-4-6-8-14)15-9-11-16(18)12-10-15/h4-12H,3,13H2,1-2H3. The predicted molar refractivity (Wildman–Crippen MR) is 83.3 cm³/mol. The van der Waals surface area contributed by atoms with Gasteiger partial charge in [-0.15, -0.1) is 0 Å². The Balaban J connectivity index is 2.29. The third-order valence-corrected chi connectivity index (χ3v) is 3.83. The first-order chi connectivity index (χ1) is 9.14. The van der Waals surface area contributed by atoms with E-state index in [0.29, 0.717) is 6.61 Å². The van der Waals surface area contributed by atoms with E-state index in [-0.39, 0.29) is 5.60 Å². The van der Waals surface area contributed by atoms with Gasteiger partial charge in [0, 0.05) is 17.5 Å². The zero-order valence-corrected chi connectivity index (χ0v) is 13.0. The Morgan fingerprint density at radius 2 is 1.63 bits per heavy atom. The monoisotopic (exact) mass is 318 g/mol. The molecule has 0 radical (unpaired) electrons. The first kappa shape index (κ1) is 14.3. The summed E-state index contributed by atoms with van der Waals surface area (Å²) in [5, 5.41) is 0. The number of hydrogen-bond donors (Lipinski definition) is 0. The fourth-order valence-corrected chi connectivity index (χ4v) is 2.61. The van der Waals surface area contributed by atoms with E-state index in [2.05, 4.69) is 71.4 Å². The summed E-state index contributed by atoms with van der Waals surface area (Å²) in [5.41, 5.74) is 2.22. The summed E-state index contributed by atoms with van der Waals surface area (Å²) in [6.45, 7) is 4.91. The van der Waals surface area contributed by atoms with E-state index >= 15 is 0 Å². The SMILES string of the molecule is CCOC(C)(Cc1ccccc1)c1ccc(Br)cc1. The molecule has 0 fully saturated rings. The van der Waals surface area contributed by atoms with Crippen molar-refractivity contribution in [1.82, 2.24) is 0 Å². The summed E-state index contributed by atoms with van der Waals surface area (Å²) in [6, 6.07) is 18.9. The van der Waals surface area contributed by atoms with E-state index in [1.807, 2.05) is 13.0 Å². The Kier molecular flexibility index (Phi) is 4.78. The molecule has 2 aromatic carbocycles. The van der Waals surface area contributed by atoms with Gasteiger partial charge in [0.2, 0.25) is 0 Å². The summed E-state index contributed by atoms with van der Waals surface area (Å²) in [4.78, 5) is 0. The predicted octanol–water partition coefficient (Wildman–Crippen LogP) is 4.94. The minimum absolute atomic E-state index is 0.281. The molecule has 2 heteroatoms. The average molecular weight is 319 g/mol. The lowest BCUT2D eigenvalue weighted by molar-refractivity contribution is -0.0291. The van der Waals surface area contributed by atoms with Crippen molar-refractivity contribution in [2.45, 2.75) is 25.9 Å². The Hall–Kier alpha value is -1.12. The topological polar surface area (TPSA) is 9.23 Å². The van der Waals surface area contributed by atoms with E-state index in [1.165, 1.54) is 11.1 Å². The number of rotatable bonds is 5. The number of ether oxygens (including phenoxy) is 1. The molecule has 100 valence electrons. The Bertz CT molecular complexity index is 507. The lowest BCUT2D eigenvalue weighted by atomic mass is 9.89. The molecule has 0 heterocycles. The summed E-state index contributed by atoms with van der Waals surface area (Å²) in [6.07, 6.45) is 0.878. The van der Waals surface area contributed by atoms with Gasteiger partial charge in [-0.1, -0.05) is 58.4 Å². The van der Waals surface area contributed by atoms with Crippen LogP contribution in [0.4, 0.5) is 0 Å². The molecule has 0 N–H and O–H groups in total. The molecule has 19 heavy (non-hydrogen) atoms. The summed E-state index contributed by atoms with van der Waals surface area (Å²) in [7, 11) is 0. The smallest absolute Gasteiger partial charge is 0.0943 e. The van der Waals surface area contributed by atoms with Gasteiger partial charge >= 0.3 is 0 Å². The van der Waals surface area contributed by atoms with Gasteiger partial charge in [-0.2, -0.15) is 0 Å². The number of halogens is 1. The maximum absolute atomic E-state index is 6.04. The third kappa shape index (κ3) is 3.68. The second-order valence-electron chi connectivity index (χ2n) is 4.83. The molecule has 0 aliphatic rings. The second-order valence-corrected chi connectivity index (χ2v) is 5.75. The van der Waals surface area contributed by atoms with Gasteiger partial charge in [0.05, 0.1) is 5.60 Å². The van der Waals surface area contributed by atoms with E-state index in [4.69, 9.17) is 4.74 Å². The Labute approximate surface area is 123 Å². The molecule has 0 aliphatic carbocycles. The minimum Gasteiger partial charge on any atom is -0.371 e. The lowest BCUT2D eigenvalue weighted by Crippen LogP contribution is -2.28. The highest BCUT2D eigenvalue weighted by Crippen LogP contribution is 2.30. The van der Waals surface area contributed by atoms with Crippen LogP contribution in [-0.4, -0.2) is 6.61 Å². The highest BCUT2D eigenvalue weighted by Gasteiger charge is 2.27. The molecule has 1 atom stereocenters. The van der Waals surface area contributed by atoms with Gasteiger partial charge in [0.15, 0.2) is 0 Å². The highest BCUT2D eigenvalue weighted by atomic mass is 79.9. The molecular weight excluding hydrogens is 300 g/mol. The van der Waals surface area contributed by atoms with Crippen molar-refractivity contribution in [3.63, 3.8) is 0 Å². The van der Waals surface area contributed by atoms with Crippen LogP contribution in [0.3, 0.4) is 0 Å². The molecule has 0 saturated heterocycles. The van der Waals surface area contributed by atoms with Gasteiger partial charge < -0.3 is 4.74 Å². The first-order valence-corrected chi connectivity index (χ1v) is 7.37. The summed E-state index contributed by atoms with van der Waals surface area (Å²) >= 11 is 3.48. The van der Waals surface area contributed by atoms with Crippen molar-refractivity contribution in [3.05, 3.63) is 70.2 Å². The van der Waals surface area contributed by atoms with Crippen LogP contribution in [-0.2, 0) is 16.8 Å². The normalized spacial score (nSPS) is 14.1. The van der Waals surface area contributed by atoms with E-state index in [9.17, 15) is 0 Å². The van der Waals surface area contributed by atoms with Crippen LogP contribution >= 0.6 is 15.9 Å². The van der Waals surface area contributed by atoms with Crippen molar-refractivity contribution in [3.8, 4) is 0 Å². The van der Waals surface area contributed by atoms with E-state index in [0.717, 1.165) is 10.9 Å². The number of hydrogen-bond acceptors (Lipinski definition) is 1. The zero-order chi connectivity index (χ0) is 13.7. The molecular formula is C17H19BrO. The van der Waals surface area contributed by atoms with Crippen LogP contribution in [0.1, 0.15) is 25.0 Å². The lowest BCUT2D eigenvalue weighted by Gasteiger charge is -2.30. The molecule has 0 bridgehead atoms. The Morgan fingerprint density at radius 3 is 2.21 bits per heavy atom. The van der Waals surface area contributed by atoms with Crippen LogP contribution in [0.15, 0.2) is 59.1 Å². The zero-order valence-electron chi connectivity index (χ0n) is 11.4. The van der Waals surface area contributed by atoms with Crippen molar-refractivity contribution in [2.24, 2.45) is 0 Å². The molecule has 2 rings (SSSR count). The van der Waals surface area contributed by atoms with Crippen molar-refractivity contribution < 1.29 is 4.74 Å². The van der Waals surface area contributed by atoms with Gasteiger partial charge in [-0.25, -0.2) is 0 Å². The van der Waals surface area contributed by atoms with Crippen molar-refractivity contribution in [2.75, 3.05) is 6.61 Å². The van der Waals surface area contributed by atoms with Crippen LogP contribution in [0.2, 0.25) is 0 Å². The molecule has 0 amide bonds. The second kappa shape index (κ2) is 6.36. The van der Waals surface area contributed by atoms with Crippen molar-refractivity contribution >= 4 is 15.9 Å². The molecule has 0 aromatic heterocycles. The maximum Gasteiger partial charge on any atom is 0.0943 e.